The van der Waals surface area contributed by atoms with Crippen LogP contribution in [0.2, 0.25) is 0 Å². The van der Waals surface area contributed by atoms with Crippen LogP contribution in [0.3, 0.4) is 0 Å². The van der Waals surface area contributed by atoms with Crippen LogP contribution in [0, 0.1) is 22.7 Å². The summed E-state index contributed by atoms with van der Waals surface area (Å²) in [7, 11) is -4.99. The Balaban J connectivity index is 1.42. The number of phosphoric ester groups is 1. The number of hydrogen-bond acceptors (Lipinski definition) is 14. The molecule has 18 heteroatoms. The summed E-state index contributed by atoms with van der Waals surface area (Å²) in [5, 5.41) is 40.4. The third-order valence-electron chi connectivity index (χ3n) is 13.1. The van der Waals surface area contributed by atoms with Crippen LogP contribution in [0.4, 0.5) is 4.79 Å². The minimum Gasteiger partial charge on any atom is -0.455 e. The first-order valence-corrected chi connectivity index (χ1v) is 20.9. The van der Waals surface area contributed by atoms with E-state index in [4.69, 9.17) is 23.7 Å². The van der Waals surface area contributed by atoms with E-state index in [0.29, 0.717) is 5.56 Å². The summed E-state index contributed by atoms with van der Waals surface area (Å²) < 4.78 is 44.3. The second-order valence-corrected chi connectivity index (χ2v) is 17.7. The largest absolute Gasteiger partial charge is 0.509 e. The van der Waals surface area contributed by atoms with Crippen molar-refractivity contribution in [2.75, 3.05) is 20.0 Å². The van der Waals surface area contributed by atoms with Gasteiger partial charge in [-0.05, 0) is 55.5 Å². The van der Waals surface area contributed by atoms with Crippen LogP contribution in [0.5, 0.6) is 0 Å². The molecule has 1 amide bonds. The summed E-state index contributed by atoms with van der Waals surface area (Å²) in [5.74, 6) is -4.80. The number of carbonyl (C=O) groups is 4. The Labute approximate surface area is 341 Å². The molecule has 59 heavy (non-hydrogen) atoms. The molecule has 4 aliphatic rings. The van der Waals surface area contributed by atoms with Gasteiger partial charge in [-0.2, -0.15) is 0 Å². The van der Waals surface area contributed by atoms with Gasteiger partial charge in [0.25, 0.3) is 5.91 Å². The quantitative estimate of drug-likeness (QED) is 0.0776. The minimum atomic E-state index is -4.99. The monoisotopic (exact) mass is 845 g/mol. The Morgan fingerprint density at radius 1 is 1.02 bits per heavy atom. The van der Waals surface area contributed by atoms with Gasteiger partial charge in [0.15, 0.2) is 12.6 Å². The molecular formula is C41H52NO16P. The van der Waals surface area contributed by atoms with Crippen molar-refractivity contribution < 1.29 is 77.1 Å². The zero-order chi connectivity index (χ0) is 43.3. The molecule has 11 atom stereocenters. The van der Waals surface area contributed by atoms with E-state index >= 15 is 0 Å². The summed E-state index contributed by atoms with van der Waals surface area (Å²) >= 11 is 0. The van der Waals surface area contributed by atoms with Crippen LogP contribution < -0.4 is 5.32 Å². The van der Waals surface area contributed by atoms with E-state index in [1.54, 1.807) is 81.4 Å². The first-order valence-electron chi connectivity index (χ1n) is 19.4. The maximum absolute atomic E-state index is 14.9. The maximum atomic E-state index is 14.9. The molecule has 6 N–H and O–H groups in total. The normalized spacial score (nSPS) is 33.4. The summed E-state index contributed by atoms with van der Waals surface area (Å²) in [5.41, 5.74) is -6.01. The van der Waals surface area contributed by atoms with Gasteiger partial charge in [0, 0.05) is 29.7 Å². The molecule has 0 spiro atoms. The predicted molar refractivity (Wildman–Crippen MR) is 205 cm³/mol. The average Bonchev–Trinajstić information content (AvgIpc) is 3.17. The SMILES string of the molecule is CCOC(=O)OC(C(=O)OC1CC2(O)C(C)C3C4(O)COC4CC(OCOP(=O)(O)O)[C@@]3(C)C(=O)C(O)C(=C1C)C2(C)C)C(NC(=O)c1ccccc1)c1ccccc1. The number of fused-ring (bicyclic) bond motifs is 5. The molecule has 1 saturated heterocycles. The highest BCUT2D eigenvalue weighted by molar-refractivity contribution is 7.46. The number of esters is 1. The fourth-order valence-corrected chi connectivity index (χ4v) is 10.2. The van der Waals surface area contributed by atoms with Crippen LogP contribution in [-0.2, 0) is 42.4 Å². The molecule has 3 fully saturated rings. The molecule has 2 aromatic carbocycles. The van der Waals surface area contributed by atoms with Gasteiger partial charge >= 0.3 is 19.9 Å². The molecule has 17 nitrogen and oxygen atoms in total. The van der Waals surface area contributed by atoms with Crippen LogP contribution >= 0.6 is 7.82 Å². The van der Waals surface area contributed by atoms with Crippen LogP contribution in [0.15, 0.2) is 71.8 Å². The van der Waals surface area contributed by atoms with E-state index in [9.17, 15) is 48.8 Å². The highest BCUT2D eigenvalue weighted by Crippen LogP contribution is 2.65. The van der Waals surface area contributed by atoms with Gasteiger partial charge in [-0.1, -0.05) is 69.3 Å². The summed E-state index contributed by atoms with van der Waals surface area (Å²) in [6.07, 6.45) is -8.98. The van der Waals surface area contributed by atoms with E-state index in [1.807, 2.05) is 0 Å². The first kappa shape index (κ1) is 44.5. The van der Waals surface area contributed by atoms with E-state index < -0.39 is 109 Å². The number of ketones is 1. The van der Waals surface area contributed by atoms with Gasteiger partial charge in [-0.25, -0.2) is 14.2 Å². The molecular weight excluding hydrogens is 793 g/mol. The lowest BCUT2D eigenvalue weighted by atomic mass is 9.43. The average molecular weight is 846 g/mol. The molecule has 1 aliphatic heterocycles. The number of aliphatic hydroxyl groups excluding tert-OH is 1. The van der Waals surface area contributed by atoms with Crippen LogP contribution in [0.25, 0.3) is 0 Å². The Hall–Kier alpha value is -4.03. The summed E-state index contributed by atoms with van der Waals surface area (Å²) in [6, 6.07) is 15.1. The van der Waals surface area contributed by atoms with Gasteiger partial charge in [-0.3, -0.25) is 14.1 Å². The number of amides is 1. The zero-order valence-corrected chi connectivity index (χ0v) is 34.5. The number of phosphoric acid groups is 1. The highest BCUT2D eigenvalue weighted by Gasteiger charge is 2.74. The van der Waals surface area contributed by atoms with Gasteiger partial charge in [0.1, 0.15) is 23.9 Å². The molecule has 2 bridgehead atoms. The van der Waals surface area contributed by atoms with Crippen LogP contribution in [-0.4, -0.2) is 111 Å². The topological polar surface area (TPSA) is 254 Å². The van der Waals surface area contributed by atoms with E-state index in [-0.39, 0.29) is 42.8 Å². The minimum absolute atomic E-state index is 0.0321. The number of ether oxygens (including phenoxy) is 5. The number of nitrogens with one attached hydrogen (secondary N) is 1. The number of benzene rings is 2. The number of carbonyl (C=O) groups excluding carboxylic acids is 4. The Bertz CT molecular complexity index is 2010. The second kappa shape index (κ2) is 16.4. The molecule has 2 aromatic rings. The third-order valence-corrected chi connectivity index (χ3v) is 13.5. The number of hydrogen-bond donors (Lipinski definition) is 6. The zero-order valence-electron chi connectivity index (χ0n) is 33.6. The smallest absolute Gasteiger partial charge is 0.455 e. The van der Waals surface area contributed by atoms with Gasteiger partial charge in [-0.15, -0.1) is 0 Å². The van der Waals surface area contributed by atoms with Gasteiger partial charge in [0.2, 0.25) is 6.10 Å². The summed E-state index contributed by atoms with van der Waals surface area (Å²) in [6.45, 7) is 8.20. The highest BCUT2D eigenvalue weighted by atomic mass is 31.2. The predicted octanol–water partition coefficient (Wildman–Crippen LogP) is 3.28. The molecule has 0 radical (unpaired) electrons. The van der Waals surface area contributed by atoms with Crippen molar-refractivity contribution in [3.63, 3.8) is 0 Å². The molecule has 2 saturated carbocycles. The second-order valence-electron chi connectivity index (χ2n) is 16.5. The fraction of sp³-hybridized carbons (Fsp3) is 0.561. The number of aliphatic hydroxyl groups is 3. The van der Waals surface area contributed by atoms with E-state index in [2.05, 4.69) is 9.84 Å². The number of Topliss-reactive ketones (excluding diaryl/α,β-unsaturated/α-hetero) is 1. The lowest BCUT2D eigenvalue weighted by molar-refractivity contribution is -0.341. The van der Waals surface area contributed by atoms with Crippen molar-refractivity contribution in [1.82, 2.24) is 5.32 Å². The number of rotatable bonds is 12. The van der Waals surface area contributed by atoms with Crippen molar-refractivity contribution in [2.24, 2.45) is 22.7 Å². The van der Waals surface area contributed by atoms with Gasteiger partial charge < -0.3 is 54.1 Å². The standard InChI is InChI=1S/C41H52NO16P/c1-7-53-37(47)58-32(30(24-14-10-8-11-15-24)42-35(45)25-16-12-9-13-17-25)36(46)57-26-19-41(49)23(3)33-39(6,34(44)31(43)29(22(26)2)38(41,4)5)27(55-21-56-59(50,51)52)18-28-40(33,48)20-54-28/h8-17,23,26-28,30-33,43,48-49H,7,18-21H2,1-6H3,(H,42,45)(H2,50,51,52)/t23?,26?,27?,28?,30?,31?,32?,33?,39-,40?,41?/m1/s1. The van der Waals surface area contributed by atoms with Crippen LogP contribution in [0.1, 0.15) is 76.3 Å². The fourth-order valence-electron chi connectivity index (χ4n) is 10.0. The van der Waals surface area contributed by atoms with Gasteiger partial charge in [0.05, 0.1) is 36.4 Å². The molecule has 3 aliphatic carbocycles. The Morgan fingerprint density at radius 2 is 1.64 bits per heavy atom. The van der Waals surface area contributed by atoms with E-state index in [1.165, 1.54) is 20.8 Å². The lowest BCUT2D eigenvalue weighted by Crippen LogP contribution is -2.79. The maximum Gasteiger partial charge on any atom is 0.509 e. The molecule has 0 aromatic heterocycles. The molecule has 1 heterocycles. The summed E-state index contributed by atoms with van der Waals surface area (Å²) in [4.78, 5) is 74.6. The van der Waals surface area contributed by atoms with Crippen molar-refractivity contribution in [3.05, 3.63) is 82.9 Å². The Kier molecular flexibility index (Phi) is 12.4. The molecule has 10 unspecified atom stereocenters. The van der Waals surface area contributed by atoms with Crippen molar-refractivity contribution in [2.45, 2.75) is 102 Å². The van der Waals surface area contributed by atoms with Crippen molar-refractivity contribution in [3.8, 4) is 0 Å². The first-order chi connectivity index (χ1) is 27.6. The Morgan fingerprint density at radius 3 is 2.22 bits per heavy atom. The van der Waals surface area contributed by atoms with Crippen molar-refractivity contribution in [1.29, 1.82) is 0 Å². The molecule has 6 rings (SSSR count). The van der Waals surface area contributed by atoms with Crippen molar-refractivity contribution >= 4 is 31.6 Å². The lowest BCUT2D eigenvalue weighted by Gasteiger charge is -2.67. The molecule has 322 valence electrons. The van der Waals surface area contributed by atoms with E-state index in [0.717, 1.165) is 0 Å². The third kappa shape index (κ3) is 7.88.